The van der Waals surface area contributed by atoms with Crippen LogP contribution in [0, 0.1) is 0 Å². The Kier molecular flexibility index (Phi) is 8.31. The molecule has 0 aliphatic carbocycles. The number of benzene rings is 1. The molecule has 0 aliphatic heterocycles. The monoisotopic (exact) mass is 263 g/mol. The van der Waals surface area contributed by atoms with E-state index in [9.17, 15) is 0 Å². The van der Waals surface area contributed by atoms with E-state index in [0.29, 0.717) is 6.04 Å². The molecule has 0 amide bonds. The second kappa shape index (κ2) is 9.85. The van der Waals surface area contributed by atoms with Crippen molar-refractivity contribution in [3.8, 4) is 5.75 Å². The summed E-state index contributed by atoms with van der Waals surface area (Å²) in [5.41, 5.74) is 1.34. The first kappa shape index (κ1) is 16.0. The molecule has 2 nitrogen and oxygen atoms in total. The summed E-state index contributed by atoms with van der Waals surface area (Å²) >= 11 is 0. The number of nitrogens with one attached hydrogen (secondary N) is 1. The molecule has 1 unspecified atom stereocenters. The second-order valence-corrected chi connectivity index (χ2v) is 5.04. The van der Waals surface area contributed by atoms with Crippen LogP contribution in [0.5, 0.6) is 5.75 Å². The van der Waals surface area contributed by atoms with Gasteiger partial charge in [0.25, 0.3) is 0 Å². The molecule has 0 bridgehead atoms. The molecular weight excluding hydrogens is 234 g/mol. The van der Waals surface area contributed by atoms with Crippen LogP contribution < -0.4 is 10.1 Å². The highest BCUT2D eigenvalue weighted by Crippen LogP contribution is 2.21. The summed E-state index contributed by atoms with van der Waals surface area (Å²) < 4.78 is 5.82. The molecule has 19 heavy (non-hydrogen) atoms. The summed E-state index contributed by atoms with van der Waals surface area (Å²) in [6.07, 6.45) is 5.91. The lowest BCUT2D eigenvalue weighted by Crippen LogP contribution is -2.21. The number of hydrogen-bond acceptors (Lipinski definition) is 2. The van der Waals surface area contributed by atoms with Crippen molar-refractivity contribution in [1.82, 2.24) is 5.32 Å². The zero-order valence-corrected chi connectivity index (χ0v) is 12.7. The molecule has 0 heterocycles. The molecule has 0 aliphatic rings. The van der Waals surface area contributed by atoms with Crippen LogP contribution in [0.2, 0.25) is 0 Å². The Morgan fingerprint density at radius 3 is 2.63 bits per heavy atom. The quantitative estimate of drug-likeness (QED) is 0.617. The molecule has 1 atom stereocenters. The number of hydrogen-bond donors (Lipinski definition) is 1. The van der Waals surface area contributed by atoms with Gasteiger partial charge in [0.05, 0.1) is 6.61 Å². The third-order valence-corrected chi connectivity index (χ3v) is 3.33. The summed E-state index contributed by atoms with van der Waals surface area (Å²) in [4.78, 5) is 0. The van der Waals surface area contributed by atoms with Crippen LogP contribution in [0.3, 0.4) is 0 Å². The average molecular weight is 263 g/mol. The van der Waals surface area contributed by atoms with Gasteiger partial charge in [0.1, 0.15) is 5.75 Å². The number of unbranched alkanes of at least 4 members (excludes halogenated alkanes) is 2. The zero-order chi connectivity index (χ0) is 13.9. The highest BCUT2D eigenvalue weighted by molar-refractivity contribution is 5.30. The fourth-order valence-electron chi connectivity index (χ4n) is 2.18. The van der Waals surface area contributed by atoms with Gasteiger partial charge < -0.3 is 10.1 Å². The molecule has 1 N–H and O–H groups in total. The highest BCUT2D eigenvalue weighted by Gasteiger charge is 2.08. The van der Waals surface area contributed by atoms with E-state index in [2.05, 4.69) is 50.4 Å². The molecule has 2 heteroatoms. The first-order valence-electron chi connectivity index (χ1n) is 7.77. The second-order valence-electron chi connectivity index (χ2n) is 5.04. The first-order valence-corrected chi connectivity index (χ1v) is 7.77. The van der Waals surface area contributed by atoms with Gasteiger partial charge in [-0.25, -0.2) is 0 Å². The maximum atomic E-state index is 5.82. The normalized spacial score (nSPS) is 12.4. The Morgan fingerprint density at radius 1 is 1.11 bits per heavy atom. The highest BCUT2D eigenvalue weighted by atomic mass is 16.5. The van der Waals surface area contributed by atoms with Gasteiger partial charge in [0.2, 0.25) is 0 Å². The predicted molar refractivity (Wildman–Crippen MR) is 82.8 cm³/mol. The van der Waals surface area contributed by atoms with Crippen LogP contribution in [0.4, 0.5) is 0 Å². The lowest BCUT2D eigenvalue weighted by molar-refractivity contribution is 0.305. The molecule has 108 valence electrons. The summed E-state index contributed by atoms with van der Waals surface area (Å²) in [5, 5.41) is 3.58. The molecule has 0 radical (unpaired) electrons. The van der Waals surface area contributed by atoms with Crippen LogP contribution in [-0.4, -0.2) is 13.2 Å². The van der Waals surface area contributed by atoms with E-state index in [1.807, 2.05) is 0 Å². The summed E-state index contributed by atoms with van der Waals surface area (Å²) in [6.45, 7) is 8.54. The SMILES string of the molecule is CCCCCOc1cccc(C(CC)NCCC)c1. The van der Waals surface area contributed by atoms with Crippen molar-refractivity contribution >= 4 is 0 Å². The minimum atomic E-state index is 0.444. The summed E-state index contributed by atoms with van der Waals surface area (Å²) in [5.74, 6) is 1.00. The topological polar surface area (TPSA) is 21.3 Å². The largest absolute Gasteiger partial charge is 0.494 e. The third kappa shape index (κ3) is 6.11. The van der Waals surface area contributed by atoms with E-state index >= 15 is 0 Å². The standard InChI is InChI=1S/C17H29NO/c1-4-7-8-13-19-16-11-9-10-15(14-16)17(6-3)18-12-5-2/h9-11,14,17-18H,4-8,12-13H2,1-3H3. The molecule has 0 aromatic heterocycles. The maximum Gasteiger partial charge on any atom is 0.119 e. The van der Waals surface area contributed by atoms with Crippen molar-refractivity contribution < 1.29 is 4.74 Å². The third-order valence-electron chi connectivity index (χ3n) is 3.33. The van der Waals surface area contributed by atoms with Crippen LogP contribution in [0.25, 0.3) is 0 Å². The minimum Gasteiger partial charge on any atom is -0.494 e. The van der Waals surface area contributed by atoms with Crippen LogP contribution in [-0.2, 0) is 0 Å². The maximum absolute atomic E-state index is 5.82. The van der Waals surface area contributed by atoms with Crippen molar-refractivity contribution in [2.75, 3.05) is 13.2 Å². The Hall–Kier alpha value is -1.02. The lowest BCUT2D eigenvalue weighted by atomic mass is 10.0. The van der Waals surface area contributed by atoms with Crippen molar-refractivity contribution in [2.24, 2.45) is 0 Å². The lowest BCUT2D eigenvalue weighted by Gasteiger charge is -2.18. The van der Waals surface area contributed by atoms with Gasteiger partial charge in [-0.15, -0.1) is 0 Å². The molecule has 0 spiro atoms. The average Bonchev–Trinajstić information content (AvgIpc) is 2.45. The molecule has 0 fully saturated rings. The molecule has 1 aromatic rings. The van der Waals surface area contributed by atoms with Gasteiger partial charge in [0.15, 0.2) is 0 Å². The Morgan fingerprint density at radius 2 is 1.95 bits per heavy atom. The fraction of sp³-hybridized carbons (Fsp3) is 0.647. The van der Waals surface area contributed by atoms with Gasteiger partial charge in [-0.1, -0.05) is 45.7 Å². The molecule has 1 rings (SSSR count). The Labute approximate surface area is 118 Å². The van der Waals surface area contributed by atoms with E-state index in [0.717, 1.165) is 31.7 Å². The molecule has 0 saturated heterocycles. The van der Waals surface area contributed by atoms with Crippen LogP contribution >= 0.6 is 0 Å². The van der Waals surface area contributed by atoms with E-state index in [1.54, 1.807) is 0 Å². The van der Waals surface area contributed by atoms with Gasteiger partial charge in [-0.05, 0) is 43.5 Å². The van der Waals surface area contributed by atoms with Gasteiger partial charge in [-0.2, -0.15) is 0 Å². The van der Waals surface area contributed by atoms with Crippen molar-refractivity contribution in [1.29, 1.82) is 0 Å². The molecule has 0 saturated carbocycles. The van der Waals surface area contributed by atoms with Crippen LogP contribution in [0.1, 0.15) is 64.5 Å². The molecular formula is C17H29NO. The number of rotatable bonds is 10. The smallest absolute Gasteiger partial charge is 0.119 e. The van der Waals surface area contributed by atoms with E-state index < -0.39 is 0 Å². The van der Waals surface area contributed by atoms with Crippen molar-refractivity contribution in [3.05, 3.63) is 29.8 Å². The van der Waals surface area contributed by atoms with Crippen LogP contribution in [0.15, 0.2) is 24.3 Å². The minimum absolute atomic E-state index is 0.444. The van der Waals surface area contributed by atoms with Gasteiger partial charge in [0, 0.05) is 6.04 Å². The van der Waals surface area contributed by atoms with E-state index in [1.165, 1.54) is 24.8 Å². The first-order chi connectivity index (χ1) is 9.31. The van der Waals surface area contributed by atoms with Gasteiger partial charge >= 0.3 is 0 Å². The predicted octanol–water partition coefficient (Wildman–Crippen LogP) is 4.71. The zero-order valence-electron chi connectivity index (χ0n) is 12.7. The summed E-state index contributed by atoms with van der Waals surface area (Å²) in [7, 11) is 0. The molecule has 1 aromatic carbocycles. The van der Waals surface area contributed by atoms with E-state index in [-0.39, 0.29) is 0 Å². The summed E-state index contributed by atoms with van der Waals surface area (Å²) in [6, 6.07) is 8.97. The Balaban J connectivity index is 2.54. The number of ether oxygens (including phenoxy) is 1. The van der Waals surface area contributed by atoms with Gasteiger partial charge in [-0.3, -0.25) is 0 Å². The van der Waals surface area contributed by atoms with Crippen molar-refractivity contribution in [2.45, 2.75) is 58.9 Å². The Bertz CT molecular complexity index is 338. The van der Waals surface area contributed by atoms with E-state index in [4.69, 9.17) is 4.74 Å². The fourth-order valence-corrected chi connectivity index (χ4v) is 2.18. The van der Waals surface area contributed by atoms with Crippen molar-refractivity contribution in [3.63, 3.8) is 0 Å².